The van der Waals surface area contributed by atoms with Crippen molar-refractivity contribution in [2.45, 2.75) is 209 Å². The van der Waals surface area contributed by atoms with Gasteiger partial charge in [0.1, 0.15) is 34.5 Å². The molecule has 0 saturated carbocycles. The van der Waals surface area contributed by atoms with Gasteiger partial charge >= 0.3 is 0 Å². The molecule has 0 bridgehead atoms. The quantitative estimate of drug-likeness (QED) is 0.108. The smallest absolute Gasteiger partial charge is 0.167 e. The third kappa shape index (κ3) is 15.9. The van der Waals surface area contributed by atoms with Crippen LogP contribution in [0.15, 0.2) is 318 Å². The molecule has 24 rings (SSSR count). The summed E-state index contributed by atoms with van der Waals surface area (Å²) in [4.78, 5) is 32.2. The van der Waals surface area contributed by atoms with Crippen LogP contribution in [0.5, 0.6) is 0 Å². The van der Waals surface area contributed by atoms with Gasteiger partial charge < -0.3 is 27.1 Å². The predicted molar refractivity (Wildman–Crippen MR) is 621 cm³/mol. The Morgan fingerprint density at radius 3 is 0.867 bits per heavy atom. The number of hydrogen-bond acceptors (Lipinski definition) is 10. The van der Waals surface area contributed by atoms with Crippen LogP contribution in [0.4, 0.5) is 0 Å². The molecule has 0 fully saturated rings. The van der Waals surface area contributed by atoms with Gasteiger partial charge in [0, 0.05) is 82.2 Å². The van der Waals surface area contributed by atoms with Gasteiger partial charge in [-0.3, -0.25) is 0 Å². The minimum Gasteiger partial charge on any atom is -0.455 e. The molecule has 0 N–H and O–H groups in total. The number of benzene rings is 16. The summed E-state index contributed by atoms with van der Waals surface area (Å²) >= 11 is 0. The molecule has 0 saturated heterocycles. The van der Waals surface area contributed by atoms with Crippen molar-refractivity contribution in [2.24, 2.45) is 0 Å². The van der Waals surface area contributed by atoms with Gasteiger partial charge in [0.05, 0.1) is 94.3 Å². The zero-order chi connectivity index (χ0) is 105. The van der Waals surface area contributed by atoms with Gasteiger partial charge in [-0.25, -0.2) is 29.9 Å². The van der Waals surface area contributed by atoms with Crippen molar-refractivity contribution < 1.29 is 8.83 Å². The van der Waals surface area contributed by atoms with Crippen molar-refractivity contribution in [3.63, 3.8) is 0 Å². The lowest BCUT2D eigenvalue weighted by Gasteiger charge is -2.26. The molecule has 0 aliphatic rings. The molecule has 8 heterocycles. The molecular weight excluding hydrogens is 1830 g/mol. The van der Waals surface area contributed by atoms with Crippen molar-refractivity contribution in [3.05, 3.63) is 371 Å². The highest BCUT2D eigenvalue weighted by Crippen LogP contribution is 2.53. The molecule has 0 spiro atoms. The lowest BCUT2D eigenvalue weighted by Crippen LogP contribution is -2.20. The molecule has 14 nitrogen and oxygen atoms in total. The molecule has 14 heteroatoms. The van der Waals surface area contributed by atoms with Crippen LogP contribution >= 0.6 is 0 Å². The van der Waals surface area contributed by atoms with Gasteiger partial charge in [-0.15, -0.1) is 0 Å². The fraction of sp³-hybridized carbons (Fsp3) is 0.235. The van der Waals surface area contributed by atoms with Gasteiger partial charge in [-0.05, 0) is 215 Å². The minimum atomic E-state index is -0.438. The summed E-state index contributed by atoms with van der Waals surface area (Å²) in [7, 11) is 0. The Morgan fingerprint density at radius 2 is 0.533 bits per heavy atom. The second-order valence-electron chi connectivity index (χ2n) is 49.2. The first-order valence-electron chi connectivity index (χ1n) is 52.4. The molecule has 0 amide bonds. The van der Waals surface area contributed by atoms with Crippen LogP contribution < -0.4 is 0 Å². The first kappa shape index (κ1) is 95.5. The van der Waals surface area contributed by atoms with E-state index in [4.69, 9.17) is 38.7 Å². The lowest BCUT2D eigenvalue weighted by molar-refractivity contribution is 0.523. The monoisotopic (exact) mass is 1950 g/mol. The Labute approximate surface area is 875 Å². The van der Waals surface area contributed by atoms with Gasteiger partial charge in [0.15, 0.2) is 40.5 Å². The molecule has 0 aliphatic carbocycles. The standard InChI is InChI=1S/C136H122N12O2/c1-129(2,3)84-49-57-105-96(66-84)97-67-85(130(4,5)6)50-58-106(97)145(105)113-74-115-116(119(104(113)77-138)148-111-62-54-89(134(16,17)18)71-101(111)102-72-90(135(19,20)21)55-63-112(102)148)92-41-33-43-94(120(92)149-115)127-141-125(81-39-31-26-32-40-81)140-126(144-127)82-47-45-78(46-48-82)75-136(22,23)91-56-64-108-103(73-91)98-68-86(131(7,8)9)51-59-107(98)146(108)114-65-83(76-137)118(147-109-60-52-87(132(10,11)12)69-99(109)100-70-88(133(13,14)15)53-61-110(100)147)117-93-42-34-44-95(121(93)150-122(114)117)128-142-123(79-35-27-24-28-36-79)139-124(143-128)80-37-29-25-30-38-80/h24-74H,75H2,1-23H3. The van der Waals surface area contributed by atoms with E-state index in [1.807, 2.05) is 97.1 Å². The summed E-state index contributed by atoms with van der Waals surface area (Å²) in [6.45, 7) is 52.4. The van der Waals surface area contributed by atoms with Crippen molar-refractivity contribution in [1.29, 1.82) is 10.5 Å². The van der Waals surface area contributed by atoms with Crippen LogP contribution in [-0.2, 0) is 49.7 Å². The molecule has 738 valence electrons. The first-order valence-corrected chi connectivity index (χ1v) is 52.4. The molecule has 16 aromatic carbocycles. The first-order chi connectivity index (χ1) is 71.4. The largest absolute Gasteiger partial charge is 0.455 e. The molecule has 0 radical (unpaired) electrons. The Balaban J connectivity index is 0.660. The van der Waals surface area contributed by atoms with E-state index in [1.165, 1.54) is 38.9 Å². The highest BCUT2D eigenvalue weighted by atomic mass is 16.3. The number of rotatable bonds is 13. The topological polar surface area (TPSA) is 171 Å². The maximum Gasteiger partial charge on any atom is 0.167 e. The summed E-state index contributed by atoms with van der Waals surface area (Å²) in [5.41, 5.74) is 27.9. The second kappa shape index (κ2) is 34.2. The Morgan fingerprint density at radius 1 is 0.240 bits per heavy atom. The molecule has 8 aromatic heterocycles. The van der Waals surface area contributed by atoms with Crippen LogP contribution in [0.1, 0.15) is 220 Å². The summed E-state index contributed by atoms with van der Waals surface area (Å²) in [5.74, 6) is 2.95. The summed E-state index contributed by atoms with van der Waals surface area (Å²) in [5, 5.41) is 36.9. The molecule has 0 aliphatic heterocycles. The second-order valence-corrected chi connectivity index (χ2v) is 49.2. The molecule has 150 heavy (non-hydrogen) atoms. The van der Waals surface area contributed by atoms with E-state index in [0.717, 1.165) is 148 Å². The van der Waals surface area contributed by atoms with E-state index < -0.39 is 5.41 Å². The fourth-order valence-electron chi connectivity index (χ4n) is 22.6. The van der Waals surface area contributed by atoms with Crippen molar-refractivity contribution in [3.8, 4) is 103 Å². The highest BCUT2D eigenvalue weighted by Gasteiger charge is 2.36. The van der Waals surface area contributed by atoms with Gasteiger partial charge in [-0.2, -0.15) is 10.5 Å². The number of hydrogen-bond donors (Lipinski definition) is 0. The number of nitrogens with zero attached hydrogens (tertiary/aromatic N) is 12. The van der Waals surface area contributed by atoms with E-state index >= 15 is 0 Å². The van der Waals surface area contributed by atoms with E-state index in [-0.39, 0.29) is 37.9 Å². The van der Waals surface area contributed by atoms with E-state index in [1.54, 1.807) is 0 Å². The van der Waals surface area contributed by atoms with Crippen LogP contribution in [0.25, 0.3) is 222 Å². The number of fused-ring (bicyclic) bond motifs is 18. The van der Waals surface area contributed by atoms with E-state index in [0.29, 0.717) is 103 Å². The van der Waals surface area contributed by atoms with E-state index in [2.05, 4.69) is 402 Å². The number of aromatic nitrogens is 10. The summed E-state index contributed by atoms with van der Waals surface area (Å²) in [6.07, 6.45) is 0.679. The van der Waals surface area contributed by atoms with E-state index in [9.17, 15) is 10.5 Å². The van der Waals surface area contributed by atoms with Gasteiger partial charge in [0.2, 0.25) is 0 Å². The van der Waals surface area contributed by atoms with Crippen molar-refractivity contribution >= 4 is 131 Å². The fourth-order valence-corrected chi connectivity index (χ4v) is 22.6. The summed E-state index contributed by atoms with van der Waals surface area (Å²) in [6, 6.07) is 117. The van der Waals surface area contributed by atoms with Crippen LogP contribution in [0, 0.1) is 22.7 Å². The molecule has 24 aromatic rings. The van der Waals surface area contributed by atoms with Gasteiger partial charge in [-0.1, -0.05) is 347 Å². The van der Waals surface area contributed by atoms with Crippen molar-refractivity contribution in [2.75, 3.05) is 0 Å². The summed E-state index contributed by atoms with van der Waals surface area (Å²) < 4.78 is 24.8. The zero-order valence-corrected chi connectivity index (χ0v) is 89.8. The average Bonchev–Trinajstić information content (AvgIpc) is 1.54. The number of nitriles is 2. The Hall–Kier alpha value is -16.7. The Bertz CT molecular complexity index is 9590. The third-order valence-corrected chi connectivity index (χ3v) is 31.2. The maximum absolute atomic E-state index is 12.6. The molecule has 0 unspecified atom stereocenters. The van der Waals surface area contributed by atoms with Crippen molar-refractivity contribution in [1.82, 2.24) is 48.2 Å². The Kier molecular flexibility index (Phi) is 21.8. The third-order valence-electron chi connectivity index (χ3n) is 31.2. The molecule has 0 atom stereocenters. The normalized spacial score (nSPS) is 12.9. The van der Waals surface area contributed by atoms with Gasteiger partial charge in [0.25, 0.3) is 0 Å². The van der Waals surface area contributed by atoms with Crippen LogP contribution in [-0.4, -0.2) is 48.2 Å². The van der Waals surface area contributed by atoms with Crippen LogP contribution in [0.2, 0.25) is 0 Å². The van der Waals surface area contributed by atoms with Crippen LogP contribution in [0.3, 0.4) is 0 Å². The molecular formula is C136H122N12O2. The lowest BCUT2D eigenvalue weighted by atomic mass is 9.78. The maximum atomic E-state index is 12.6. The zero-order valence-electron chi connectivity index (χ0n) is 89.8. The number of furan rings is 2. The average molecular weight is 1960 g/mol. The highest BCUT2D eigenvalue weighted by molar-refractivity contribution is 6.22. The predicted octanol–water partition coefficient (Wildman–Crippen LogP) is 35.6. The number of para-hydroxylation sites is 2. The minimum absolute atomic E-state index is 0.141. The SMILES string of the molecule is CC(C)(C)c1ccc2c(c1)c1cc(C(C)(C)C)ccc1n2-c1cc2oc3c(-c4nc(-c5ccccc5)nc(-c5ccc(CC(C)(C)c6ccc7c(c6)c6cc(C(C)(C)C)ccc6n7-c6cc(C#N)c(-n7c8ccc(C(C)(C)C)cc8c8cc(C(C)(C)C)ccc87)c7c6oc6c(-c8nc(-c9ccccc9)nc(-c9ccccc9)n8)cccc67)cc5)n4)cccc3c2c(-n2c3ccc(C(C)(C)C)cc3c3cc(C(C)(C)C)ccc32)c1C#N.